The first-order valence-electron chi connectivity index (χ1n) is 5.50. The zero-order chi connectivity index (χ0) is 12.6. The first-order valence-corrected chi connectivity index (χ1v) is 5.50. The van der Waals surface area contributed by atoms with Crippen molar-refractivity contribution in [2.75, 3.05) is 12.8 Å². The molecule has 0 saturated heterocycles. The summed E-state index contributed by atoms with van der Waals surface area (Å²) in [6.07, 6.45) is 0. The number of H-pyrrole nitrogens is 1. The van der Waals surface area contributed by atoms with E-state index in [2.05, 4.69) is 30.1 Å². The highest BCUT2D eigenvalue weighted by Crippen LogP contribution is 2.36. The number of hydrogen-bond donors (Lipinski definition) is 2. The predicted octanol–water partition coefficient (Wildman–Crippen LogP) is 2.59. The van der Waals surface area contributed by atoms with Crippen molar-refractivity contribution in [3.05, 3.63) is 29.0 Å². The van der Waals surface area contributed by atoms with Crippen LogP contribution >= 0.6 is 0 Å². The van der Waals surface area contributed by atoms with Gasteiger partial charge < -0.3 is 10.5 Å². The Balaban J connectivity index is 2.70. The summed E-state index contributed by atoms with van der Waals surface area (Å²) in [7, 11) is 1.67. The summed E-state index contributed by atoms with van der Waals surface area (Å²) in [5, 5.41) is 6.91. The number of aromatic amines is 1. The molecule has 0 atom stereocenters. The van der Waals surface area contributed by atoms with E-state index < -0.39 is 0 Å². The molecule has 1 aromatic heterocycles. The Morgan fingerprint density at radius 1 is 1.18 bits per heavy atom. The number of hydrogen-bond acceptors (Lipinski definition) is 3. The van der Waals surface area contributed by atoms with Gasteiger partial charge in [0, 0.05) is 16.8 Å². The maximum atomic E-state index is 5.89. The van der Waals surface area contributed by atoms with Crippen molar-refractivity contribution in [3.8, 4) is 16.9 Å². The van der Waals surface area contributed by atoms with Crippen LogP contribution in [0.5, 0.6) is 5.75 Å². The second kappa shape index (κ2) is 4.13. The van der Waals surface area contributed by atoms with Crippen LogP contribution in [-0.4, -0.2) is 17.3 Å². The number of ether oxygens (including phenoxy) is 1. The van der Waals surface area contributed by atoms with Crippen LogP contribution in [0, 0.1) is 20.8 Å². The van der Waals surface area contributed by atoms with Crippen LogP contribution in [0.15, 0.2) is 12.1 Å². The minimum absolute atomic E-state index is 0.504. The molecule has 0 saturated carbocycles. The predicted molar refractivity (Wildman–Crippen MR) is 69.2 cm³/mol. The van der Waals surface area contributed by atoms with E-state index in [0.29, 0.717) is 5.82 Å². The van der Waals surface area contributed by atoms with Gasteiger partial charge in [0.25, 0.3) is 0 Å². The van der Waals surface area contributed by atoms with Gasteiger partial charge >= 0.3 is 0 Å². The van der Waals surface area contributed by atoms with Gasteiger partial charge in [0.05, 0.1) is 7.11 Å². The molecule has 0 aliphatic carbocycles. The molecule has 1 aromatic carbocycles. The van der Waals surface area contributed by atoms with E-state index in [1.807, 2.05) is 13.0 Å². The standard InChI is InChI=1S/C13H17N3O/c1-7-5-10(11(17-4)6-8(7)2)12-9(3)15-16-13(12)14/h5-6H,1-4H3,(H3,14,15,16). The molecule has 0 aliphatic heterocycles. The molecule has 0 spiro atoms. The molecule has 1 heterocycles. The average molecular weight is 231 g/mol. The van der Waals surface area contributed by atoms with E-state index in [9.17, 15) is 0 Å². The quantitative estimate of drug-likeness (QED) is 0.835. The molecular formula is C13H17N3O. The Labute approximate surface area is 101 Å². The lowest BCUT2D eigenvalue weighted by Crippen LogP contribution is -1.94. The maximum absolute atomic E-state index is 5.89. The molecule has 2 aromatic rings. The Morgan fingerprint density at radius 3 is 2.35 bits per heavy atom. The highest BCUT2D eigenvalue weighted by Gasteiger charge is 2.15. The molecule has 0 aliphatic rings. The third-order valence-corrected chi connectivity index (χ3v) is 3.06. The van der Waals surface area contributed by atoms with Gasteiger partial charge in [-0.05, 0) is 44.0 Å². The van der Waals surface area contributed by atoms with Crippen LogP contribution in [-0.2, 0) is 0 Å². The van der Waals surface area contributed by atoms with Crippen LogP contribution in [0.2, 0.25) is 0 Å². The second-order valence-electron chi connectivity index (χ2n) is 4.25. The van der Waals surface area contributed by atoms with Gasteiger partial charge in [-0.3, -0.25) is 5.10 Å². The van der Waals surface area contributed by atoms with Crippen molar-refractivity contribution in [3.63, 3.8) is 0 Å². The number of nitrogen functional groups attached to an aromatic ring is 1. The van der Waals surface area contributed by atoms with Crippen molar-refractivity contribution in [1.29, 1.82) is 0 Å². The lowest BCUT2D eigenvalue weighted by atomic mass is 9.99. The van der Waals surface area contributed by atoms with Crippen LogP contribution < -0.4 is 10.5 Å². The fourth-order valence-electron chi connectivity index (χ4n) is 1.94. The monoisotopic (exact) mass is 231 g/mol. The van der Waals surface area contributed by atoms with Crippen molar-refractivity contribution >= 4 is 5.82 Å². The van der Waals surface area contributed by atoms with Crippen LogP contribution in [0.1, 0.15) is 16.8 Å². The average Bonchev–Trinajstić information content (AvgIpc) is 2.62. The maximum Gasteiger partial charge on any atom is 0.153 e. The van der Waals surface area contributed by atoms with Gasteiger partial charge in [0.2, 0.25) is 0 Å². The third kappa shape index (κ3) is 1.86. The SMILES string of the molecule is COc1cc(C)c(C)cc1-c1c(N)n[nH]c1C. The summed E-state index contributed by atoms with van der Waals surface area (Å²) >= 11 is 0. The normalized spacial score (nSPS) is 10.6. The number of anilines is 1. The molecule has 90 valence electrons. The van der Waals surface area contributed by atoms with Crippen LogP contribution in [0.4, 0.5) is 5.82 Å². The van der Waals surface area contributed by atoms with E-state index in [1.165, 1.54) is 11.1 Å². The number of methoxy groups -OCH3 is 1. The van der Waals surface area contributed by atoms with E-state index in [-0.39, 0.29) is 0 Å². The summed E-state index contributed by atoms with van der Waals surface area (Å²) in [6, 6.07) is 4.11. The number of nitrogens with zero attached hydrogens (tertiary/aromatic N) is 1. The molecule has 0 radical (unpaired) electrons. The minimum atomic E-state index is 0.504. The number of aromatic nitrogens is 2. The summed E-state index contributed by atoms with van der Waals surface area (Å²) in [4.78, 5) is 0. The summed E-state index contributed by atoms with van der Waals surface area (Å²) in [5.41, 5.74) is 11.2. The van der Waals surface area contributed by atoms with E-state index >= 15 is 0 Å². The van der Waals surface area contributed by atoms with Gasteiger partial charge in [-0.15, -0.1) is 0 Å². The highest BCUT2D eigenvalue weighted by molar-refractivity contribution is 5.81. The molecule has 0 unspecified atom stereocenters. The zero-order valence-electron chi connectivity index (χ0n) is 10.6. The molecule has 4 heteroatoms. The lowest BCUT2D eigenvalue weighted by molar-refractivity contribution is 0.416. The second-order valence-corrected chi connectivity index (χ2v) is 4.25. The lowest BCUT2D eigenvalue weighted by Gasteiger charge is -2.12. The molecule has 0 fully saturated rings. The molecule has 4 nitrogen and oxygen atoms in total. The van der Waals surface area contributed by atoms with Crippen molar-refractivity contribution in [2.45, 2.75) is 20.8 Å². The van der Waals surface area contributed by atoms with Crippen LogP contribution in [0.25, 0.3) is 11.1 Å². The fraction of sp³-hybridized carbons (Fsp3) is 0.308. The number of rotatable bonds is 2. The third-order valence-electron chi connectivity index (χ3n) is 3.06. The minimum Gasteiger partial charge on any atom is -0.496 e. The molecule has 17 heavy (non-hydrogen) atoms. The Morgan fingerprint density at radius 2 is 1.82 bits per heavy atom. The van der Waals surface area contributed by atoms with E-state index in [1.54, 1.807) is 7.11 Å². The Hall–Kier alpha value is -1.97. The summed E-state index contributed by atoms with van der Waals surface area (Å²) in [5.74, 6) is 1.33. The zero-order valence-corrected chi connectivity index (χ0v) is 10.6. The topological polar surface area (TPSA) is 63.9 Å². The van der Waals surface area contributed by atoms with Gasteiger partial charge in [0.15, 0.2) is 5.82 Å². The number of nitrogens with two attached hydrogens (primary N) is 1. The number of nitrogens with one attached hydrogen (secondary N) is 1. The largest absolute Gasteiger partial charge is 0.496 e. The summed E-state index contributed by atoms with van der Waals surface area (Å²) < 4.78 is 5.42. The highest BCUT2D eigenvalue weighted by atomic mass is 16.5. The molecule has 3 N–H and O–H groups in total. The van der Waals surface area contributed by atoms with E-state index in [4.69, 9.17) is 10.5 Å². The molecule has 2 rings (SSSR count). The van der Waals surface area contributed by atoms with Crippen molar-refractivity contribution in [1.82, 2.24) is 10.2 Å². The number of aryl methyl sites for hydroxylation is 3. The number of benzene rings is 1. The molecule has 0 bridgehead atoms. The summed E-state index contributed by atoms with van der Waals surface area (Å²) in [6.45, 7) is 6.09. The van der Waals surface area contributed by atoms with Gasteiger partial charge in [-0.1, -0.05) is 0 Å². The van der Waals surface area contributed by atoms with Crippen molar-refractivity contribution in [2.24, 2.45) is 0 Å². The van der Waals surface area contributed by atoms with Crippen molar-refractivity contribution < 1.29 is 4.74 Å². The van der Waals surface area contributed by atoms with Gasteiger partial charge in [-0.2, -0.15) is 5.10 Å². The Bertz CT molecular complexity index is 539. The Kier molecular flexibility index (Phi) is 2.79. The smallest absolute Gasteiger partial charge is 0.153 e. The first-order chi connectivity index (χ1) is 8.04. The van der Waals surface area contributed by atoms with Crippen LogP contribution in [0.3, 0.4) is 0 Å². The first kappa shape index (κ1) is 11.5. The van der Waals surface area contributed by atoms with Gasteiger partial charge in [0.1, 0.15) is 5.75 Å². The fourth-order valence-corrected chi connectivity index (χ4v) is 1.94. The molecular weight excluding hydrogens is 214 g/mol. The molecule has 0 amide bonds. The van der Waals surface area contributed by atoms with Gasteiger partial charge in [-0.25, -0.2) is 0 Å². The van der Waals surface area contributed by atoms with E-state index in [0.717, 1.165) is 22.6 Å².